The van der Waals surface area contributed by atoms with Gasteiger partial charge in [0.05, 0.1) is 31.5 Å². The molecule has 7 aromatic rings. The molecule has 0 radical (unpaired) electrons. The number of hydrogen-bond donors (Lipinski definition) is 0. The molecule has 78 heavy (non-hydrogen) atoms. The van der Waals surface area contributed by atoms with Crippen LogP contribution in [-0.4, -0.2) is 46.5 Å². The molecule has 0 saturated heterocycles. The Morgan fingerprint density at radius 2 is 1.33 bits per heavy atom. The van der Waals surface area contributed by atoms with Crippen LogP contribution >= 0.6 is 0 Å². The number of esters is 2. The number of benzene rings is 7. The highest BCUT2D eigenvalue weighted by molar-refractivity contribution is 6.10. The summed E-state index contributed by atoms with van der Waals surface area (Å²) in [5, 5.41) is 1.61. The Morgan fingerprint density at radius 1 is 0.667 bits per heavy atom. The molecule has 9 nitrogen and oxygen atoms in total. The van der Waals surface area contributed by atoms with Gasteiger partial charge in [-0.3, -0.25) is 0 Å². The van der Waals surface area contributed by atoms with Gasteiger partial charge in [0.1, 0.15) is 22.8 Å². The quantitative estimate of drug-likeness (QED) is 0.0502. The lowest BCUT2D eigenvalue weighted by atomic mass is 9.77. The molecule has 1 fully saturated rings. The minimum atomic E-state index is -1.04. The summed E-state index contributed by atoms with van der Waals surface area (Å²) in [7, 11) is 6.72. The molecule has 9 heteroatoms. The van der Waals surface area contributed by atoms with Gasteiger partial charge in [-0.1, -0.05) is 137 Å². The van der Waals surface area contributed by atoms with Crippen molar-refractivity contribution in [3.63, 3.8) is 0 Å². The molecule has 3 aliphatic carbocycles. The minimum Gasteiger partial charge on any atom is -0.497 e. The van der Waals surface area contributed by atoms with Crippen LogP contribution in [0.4, 0.5) is 0 Å². The number of fused-ring (bicyclic) bond motifs is 8. The van der Waals surface area contributed by atoms with E-state index in [-0.39, 0.29) is 17.8 Å². The van der Waals surface area contributed by atoms with Crippen molar-refractivity contribution in [2.75, 3.05) is 28.4 Å². The zero-order valence-corrected chi connectivity index (χ0v) is 45.6. The molecule has 1 heterocycles. The highest BCUT2D eigenvalue weighted by Gasteiger charge is 2.49. The number of unbranched alkanes of at least 4 members (excludes halogenated alkanes) is 2. The van der Waals surface area contributed by atoms with Crippen molar-refractivity contribution in [3.05, 3.63) is 202 Å². The van der Waals surface area contributed by atoms with Crippen molar-refractivity contribution in [1.82, 2.24) is 0 Å². The third-order valence-corrected chi connectivity index (χ3v) is 16.9. The van der Waals surface area contributed by atoms with E-state index < -0.39 is 17.2 Å². The highest BCUT2D eigenvalue weighted by Crippen LogP contribution is 2.60. The van der Waals surface area contributed by atoms with E-state index in [9.17, 15) is 9.59 Å². The molecule has 11 rings (SSSR count). The van der Waals surface area contributed by atoms with Gasteiger partial charge in [-0.25, -0.2) is 9.59 Å². The second kappa shape index (κ2) is 22.3. The Morgan fingerprint density at radius 3 is 1.97 bits per heavy atom. The molecule has 1 saturated carbocycles. The van der Waals surface area contributed by atoms with E-state index in [4.69, 9.17) is 33.2 Å². The number of hydrogen-bond acceptors (Lipinski definition) is 9. The van der Waals surface area contributed by atoms with Crippen LogP contribution in [0.5, 0.6) is 28.7 Å². The summed E-state index contributed by atoms with van der Waals surface area (Å²) in [6, 6.07) is 42.8. The fraction of sp³-hybridized carbons (Fsp3) is 0.304. The van der Waals surface area contributed by atoms with Crippen LogP contribution in [0.25, 0.3) is 39.1 Å². The average Bonchev–Trinajstić information content (AvgIpc) is 3.39. The topological polar surface area (TPSA) is 98.8 Å². The van der Waals surface area contributed by atoms with Crippen molar-refractivity contribution in [3.8, 4) is 51.0 Å². The first-order valence-electron chi connectivity index (χ1n) is 27.7. The zero-order chi connectivity index (χ0) is 54.0. The molecule has 3 atom stereocenters. The van der Waals surface area contributed by atoms with Crippen molar-refractivity contribution in [1.29, 1.82) is 0 Å². The van der Waals surface area contributed by atoms with Gasteiger partial charge in [0, 0.05) is 36.3 Å². The van der Waals surface area contributed by atoms with Crippen LogP contribution in [0.2, 0.25) is 0 Å². The third kappa shape index (κ3) is 9.62. The maximum absolute atomic E-state index is 14.2. The van der Waals surface area contributed by atoms with Gasteiger partial charge in [0.25, 0.3) is 0 Å². The monoisotopic (exact) mass is 1040 g/mol. The van der Waals surface area contributed by atoms with Crippen molar-refractivity contribution < 1.29 is 42.7 Å². The second-order valence-electron chi connectivity index (χ2n) is 21.1. The Bertz CT molecular complexity index is 3430. The van der Waals surface area contributed by atoms with Crippen LogP contribution in [-0.2, 0) is 20.7 Å². The van der Waals surface area contributed by atoms with Gasteiger partial charge < -0.3 is 33.2 Å². The fourth-order valence-corrected chi connectivity index (χ4v) is 12.6. The molecule has 0 aromatic heterocycles. The fourth-order valence-electron chi connectivity index (χ4n) is 12.6. The maximum Gasteiger partial charge on any atom is 0.343 e. The number of ether oxygens (including phenoxy) is 7. The molecule has 398 valence electrons. The number of rotatable bonds is 17. The SMILES string of the molecule is CCCCCC1CCC(c2ccc(C(=O)Oc3ccc(-c4ccc(C(=O)Oc5cc6c7c(c8c(c6cc5OC)OC(C5=CCC(OC)C=C5)(c5ccc(OC)cc5)C=C8)C(CC)(OC)c5ccccc5-7)cc4)cc3)cc2)CC1. The van der Waals surface area contributed by atoms with E-state index >= 15 is 0 Å². The van der Waals surface area contributed by atoms with E-state index in [0.29, 0.717) is 47.1 Å². The van der Waals surface area contributed by atoms with Crippen molar-refractivity contribution in [2.45, 2.75) is 101 Å². The first kappa shape index (κ1) is 52.3. The smallest absolute Gasteiger partial charge is 0.343 e. The summed E-state index contributed by atoms with van der Waals surface area (Å²) in [6.07, 6.45) is 22.3. The van der Waals surface area contributed by atoms with Crippen molar-refractivity contribution >= 4 is 28.8 Å². The maximum atomic E-state index is 14.2. The van der Waals surface area contributed by atoms with Crippen LogP contribution in [0.15, 0.2) is 163 Å². The van der Waals surface area contributed by atoms with Crippen molar-refractivity contribution in [2.24, 2.45) is 5.92 Å². The lowest BCUT2D eigenvalue weighted by Crippen LogP contribution is -2.36. The molecule has 0 spiro atoms. The predicted molar refractivity (Wildman–Crippen MR) is 308 cm³/mol. The lowest BCUT2D eigenvalue weighted by molar-refractivity contribution is 0.0219. The molecule has 1 aliphatic heterocycles. The third-order valence-electron chi connectivity index (χ3n) is 16.9. The largest absolute Gasteiger partial charge is 0.497 e. The number of carbonyl (C=O) groups excluding carboxylic acids is 2. The average molecular weight is 1040 g/mol. The van der Waals surface area contributed by atoms with Crippen LogP contribution < -0.4 is 23.7 Å². The highest BCUT2D eigenvalue weighted by atomic mass is 16.6. The van der Waals surface area contributed by atoms with E-state index in [1.807, 2.05) is 84.9 Å². The molecule has 0 amide bonds. The van der Waals surface area contributed by atoms with E-state index in [1.165, 1.54) is 56.9 Å². The van der Waals surface area contributed by atoms with Gasteiger partial charge in [0.15, 0.2) is 17.1 Å². The molecule has 3 unspecified atom stereocenters. The molecule has 7 aromatic carbocycles. The Labute approximate surface area is 458 Å². The van der Waals surface area contributed by atoms with Crippen LogP contribution in [0.1, 0.15) is 133 Å². The van der Waals surface area contributed by atoms with Crippen LogP contribution in [0, 0.1) is 5.92 Å². The Hall–Kier alpha value is -7.72. The Kier molecular flexibility index (Phi) is 15.0. The first-order valence-corrected chi connectivity index (χ1v) is 27.7. The van der Waals surface area contributed by atoms with E-state index in [1.54, 1.807) is 52.7 Å². The first-order chi connectivity index (χ1) is 38.1. The van der Waals surface area contributed by atoms with Gasteiger partial charge in [-0.2, -0.15) is 0 Å². The summed E-state index contributed by atoms with van der Waals surface area (Å²) < 4.78 is 43.8. The lowest BCUT2D eigenvalue weighted by Gasteiger charge is -2.40. The molecule has 0 N–H and O–H groups in total. The molecule has 0 bridgehead atoms. The zero-order valence-electron chi connectivity index (χ0n) is 45.6. The number of carbonyl (C=O) groups is 2. The summed E-state index contributed by atoms with van der Waals surface area (Å²) in [5.74, 6) is 2.95. The summed E-state index contributed by atoms with van der Waals surface area (Å²) in [6.45, 7) is 4.41. The van der Waals surface area contributed by atoms with Gasteiger partial charge >= 0.3 is 11.9 Å². The van der Waals surface area contributed by atoms with Crippen LogP contribution in [0.3, 0.4) is 0 Å². The van der Waals surface area contributed by atoms with E-state index in [2.05, 4.69) is 68.5 Å². The minimum absolute atomic E-state index is 0.0507. The second-order valence-corrected chi connectivity index (χ2v) is 21.1. The van der Waals surface area contributed by atoms with Gasteiger partial charge in [-0.05, 0) is 161 Å². The number of methoxy groups -OCH3 is 4. The summed E-state index contributed by atoms with van der Waals surface area (Å²) >= 11 is 0. The van der Waals surface area contributed by atoms with Gasteiger partial charge in [-0.15, -0.1) is 0 Å². The Balaban J connectivity index is 0.860. The summed E-state index contributed by atoms with van der Waals surface area (Å²) in [5.41, 5.74) is 8.96. The van der Waals surface area contributed by atoms with E-state index in [0.717, 1.165) is 72.5 Å². The molecule has 4 aliphatic rings. The molecular weight excluding hydrogens is 973 g/mol. The summed E-state index contributed by atoms with van der Waals surface area (Å²) in [4.78, 5) is 27.5. The normalized spacial score (nSPS) is 20.9. The predicted octanol–water partition coefficient (Wildman–Crippen LogP) is 16.3. The standard InChI is InChI=1S/C69H68O9/c1-7-9-10-13-44-16-18-45(19-17-44)46-20-24-49(25-21-46)66(70)76-55-34-28-48(29-35-55)47-22-26-50(27-23-47)67(71)77-62-42-58-59(43-61(62)74-5)65-57(64-63(58)56-14-11-12-15-60(56)68(64,8-2)75-6)40-41-69(78-65,51-30-36-53(72-3)37-31-51)52-32-38-54(73-4)39-33-52/h11-12,14-15,20-38,40-45,54H,7-10,13,16-19,39H2,1-6H3. The van der Waals surface area contributed by atoms with Gasteiger partial charge in [0.2, 0.25) is 0 Å². The molecular formula is C69H68O9.